The lowest BCUT2D eigenvalue weighted by Gasteiger charge is -2.27. The predicted octanol–water partition coefficient (Wildman–Crippen LogP) is 3.94. The zero-order valence-corrected chi connectivity index (χ0v) is 14.8. The fourth-order valence-electron chi connectivity index (χ4n) is 3.76. The van der Waals surface area contributed by atoms with Crippen LogP contribution in [0, 0.1) is 6.92 Å². The Morgan fingerprint density at radius 2 is 1.68 bits per heavy atom. The molecule has 0 spiro atoms. The van der Waals surface area contributed by atoms with E-state index in [4.69, 9.17) is 0 Å². The average Bonchev–Trinajstić information content (AvgIpc) is 2.63. The summed E-state index contributed by atoms with van der Waals surface area (Å²) < 4.78 is 0. The summed E-state index contributed by atoms with van der Waals surface area (Å²) in [4.78, 5) is 12.7. The molecule has 25 heavy (non-hydrogen) atoms. The Bertz CT molecular complexity index is 690. The Hall–Kier alpha value is -2.13. The molecule has 132 valence electrons. The van der Waals surface area contributed by atoms with Gasteiger partial charge in [0.25, 0.3) is 0 Å². The summed E-state index contributed by atoms with van der Waals surface area (Å²) in [5.41, 5.74) is 3.60. The number of rotatable bonds is 5. The molecule has 0 saturated heterocycles. The van der Waals surface area contributed by atoms with Crippen LogP contribution in [0.3, 0.4) is 0 Å². The van der Waals surface area contributed by atoms with Gasteiger partial charge in [0, 0.05) is 18.4 Å². The van der Waals surface area contributed by atoms with Crippen molar-refractivity contribution in [2.75, 3.05) is 0 Å². The highest BCUT2D eigenvalue weighted by Crippen LogP contribution is 2.30. The van der Waals surface area contributed by atoms with Gasteiger partial charge in [-0.05, 0) is 49.3 Å². The first-order chi connectivity index (χ1) is 12.1. The Kier molecular flexibility index (Phi) is 5.87. The number of hydrogen-bond donors (Lipinski definition) is 2. The molecule has 1 aliphatic rings. The van der Waals surface area contributed by atoms with Crippen molar-refractivity contribution in [1.82, 2.24) is 5.32 Å². The van der Waals surface area contributed by atoms with Gasteiger partial charge in [0.1, 0.15) is 0 Å². The number of aliphatic hydroxyl groups excluding tert-OH is 1. The minimum Gasteiger partial charge on any atom is -0.393 e. The molecule has 3 rings (SSSR count). The summed E-state index contributed by atoms with van der Waals surface area (Å²) in [6.07, 6.45) is 3.56. The first-order valence-electron chi connectivity index (χ1n) is 9.21. The first kappa shape index (κ1) is 17.7. The third kappa shape index (κ3) is 4.70. The quantitative estimate of drug-likeness (QED) is 0.868. The molecule has 1 saturated carbocycles. The topological polar surface area (TPSA) is 49.3 Å². The maximum Gasteiger partial charge on any atom is 0.221 e. The van der Waals surface area contributed by atoms with Crippen molar-refractivity contribution >= 4 is 5.91 Å². The van der Waals surface area contributed by atoms with Crippen molar-refractivity contribution in [3.8, 4) is 0 Å². The minimum atomic E-state index is -0.197. The lowest BCUT2D eigenvalue weighted by molar-refractivity contribution is -0.122. The summed E-state index contributed by atoms with van der Waals surface area (Å²) in [5, 5.41) is 12.8. The normalized spacial score (nSPS) is 21.5. The van der Waals surface area contributed by atoms with Crippen LogP contribution in [-0.2, 0) is 4.79 Å². The molecule has 3 nitrogen and oxygen atoms in total. The Balaban J connectivity index is 1.74. The maximum absolute atomic E-state index is 12.7. The summed E-state index contributed by atoms with van der Waals surface area (Å²) in [5.74, 6) is 0.162. The van der Waals surface area contributed by atoms with Crippen LogP contribution >= 0.6 is 0 Å². The van der Waals surface area contributed by atoms with Gasteiger partial charge in [0.2, 0.25) is 5.91 Å². The molecule has 2 N–H and O–H groups in total. The number of aliphatic hydroxyl groups is 1. The van der Waals surface area contributed by atoms with E-state index in [1.54, 1.807) is 0 Å². The number of hydrogen-bond acceptors (Lipinski definition) is 2. The van der Waals surface area contributed by atoms with Crippen LogP contribution in [0.4, 0.5) is 0 Å². The van der Waals surface area contributed by atoms with Gasteiger partial charge in [-0.2, -0.15) is 0 Å². The van der Waals surface area contributed by atoms with Gasteiger partial charge in [0.15, 0.2) is 0 Å². The van der Waals surface area contributed by atoms with Crippen LogP contribution in [0.1, 0.15) is 54.7 Å². The van der Waals surface area contributed by atoms with Crippen LogP contribution in [0.5, 0.6) is 0 Å². The molecule has 1 fully saturated rings. The smallest absolute Gasteiger partial charge is 0.221 e. The van der Waals surface area contributed by atoms with Gasteiger partial charge in [-0.15, -0.1) is 0 Å². The maximum atomic E-state index is 12.7. The van der Waals surface area contributed by atoms with E-state index >= 15 is 0 Å². The summed E-state index contributed by atoms with van der Waals surface area (Å²) >= 11 is 0. The van der Waals surface area contributed by atoms with E-state index in [-0.39, 0.29) is 24.0 Å². The number of carbonyl (C=O) groups excluding carboxylic acids is 1. The molecule has 0 bridgehead atoms. The molecule has 0 aliphatic heterocycles. The van der Waals surface area contributed by atoms with Gasteiger partial charge in [-0.3, -0.25) is 4.79 Å². The molecule has 1 amide bonds. The summed E-state index contributed by atoms with van der Waals surface area (Å²) in [6.45, 7) is 2.10. The molecule has 2 aromatic rings. The zero-order valence-electron chi connectivity index (χ0n) is 14.8. The van der Waals surface area contributed by atoms with E-state index < -0.39 is 0 Å². The fourth-order valence-corrected chi connectivity index (χ4v) is 3.76. The number of benzene rings is 2. The van der Waals surface area contributed by atoms with Crippen LogP contribution in [0.2, 0.25) is 0 Å². The van der Waals surface area contributed by atoms with Gasteiger partial charge >= 0.3 is 0 Å². The van der Waals surface area contributed by atoms with Crippen molar-refractivity contribution in [3.05, 3.63) is 71.3 Å². The van der Waals surface area contributed by atoms with Crippen molar-refractivity contribution in [2.45, 2.75) is 57.1 Å². The lowest BCUT2D eigenvalue weighted by atomic mass is 9.85. The van der Waals surface area contributed by atoms with Gasteiger partial charge < -0.3 is 10.4 Å². The van der Waals surface area contributed by atoms with E-state index in [1.807, 2.05) is 30.3 Å². The molecule has 1 atom stereocenters. The van der Waals surface area contributed by atoms with Gasteiger partial charge in [-0.1, -0.05) is 54.6 Å². The molecular weight excluding hydrogens is 310 g/mol. The van der Waals surface area contributed by atoms with Crippen molar-refractivity contribution in [3.63, 3.8) is 0 Å². The van der Waals surface area contributed by atoms with Crippen LogP contribution in [0.15, 0.2) is 54.6 Å². The van der Waals surface area contributed by atoms with Crippen molar-refractivity contribution < 1.29 is 9.90 Å². The Labute approximate surface area is 150 Å². The third-order valence-electron chi connectivity index (χ3n) is 5.22. The molecular formula is C22H27NO2. The zero-order chi connectivity index (χ0) is 17.6. The van der Waals surface area contributed by atoms with E-state index in [9.17, 15) is 9.90 Å². The largest absolute Gasteiger partial charge is 0.393 e. The average molecular weight is 337 g/mol. The Morgan fingerprint density at radius 1 is 1.04 bits per heavy atom. The summed E-state index contributed by atoms with van der Waals surface area (Å²) in [7, 11) is 0. The molecule has 1 aliphatic carbocycles. The third-order valence-corrected chi connectivity index (χ3v) is 5.22. The molecule has 0 radical (unpaired) electrons. The molecule has 0 heterocycles. The number of aryl methyl sites for hydroxylation is 1. The standard InChI is InChI=1S/C22H27NO2/c1-16-7-5-6-10-20(16)21(17-8-3-2-4-9-17)15-22(25)23-18-11-13-19(24)14-12-18/h2-10,18-19,21,24H,11-15H2,1H3,(H,23,25). The predicted molar refractivity (Wildman–Crippen MR) is 100 cm³/mol. The van der Waals surface area contributed by atoms with Crippen LogP contribution in [0.25, 0.3) is 0 Å². The number of carbonyl (C=O) groups is 1. The molecule has 0 aromatic heterocycles. The highest BCUT2D eigenvalue weighted by Gasteiger charge is 2.24. The molecule has 2 aromatic carbocycles. The number of nitrogens with one attached hydrogen (secondary N) is 1. The number of amides is 1. The molecule has 1 unspecified atom stereocenters. The van der Waals surface area contributed by atoms with Crippen LogP contribution < -0.4 is 5.32 Å². The van der Waals surface area contributed by atoms with E-state index in [0.29, 0.717) is 6.42 Å². The first-order valence-corrected chi connectivity index (χ1v) is 9.21. The van der Waals surface area contributed by atoms with E-state index in [2.05, 4.69) is 36.5 Å². The highest BCUT2D eigenvalue weighted by atomic mass is 16.3. The van der Waals surface area contributed by atoms with Crippen molar-refractivity contribution in [1.29, 1.82) is 0 Å². The second-order valence-electron chi connectivity index (χ2n) is 7.10. The summed E-state index contributed by atoms with van der Waals surface area (Å²) in [6, 6.07) is 18.8. The lowest BCUT2D eigenvalue weighted by Crippen LogP contribution is -2.39. The SMILES string of the molecule is Cc1ccccc1C(CC(=O)NC1CCC(O)CC1)c1ccccc1. The highest BCUT2D eigenvalue weighted by molar-refractivity contribution is 5.78. The second kappa shape index (κ2) is 8.30. The minimum absolute atomic E-state index is 0.0663. The fraction of sp³-hybridized carbons (Fsp3) is 0.409. The van der Waals surface area contributed by atoms with E-state index in [0.717, 1.165) is 25.7 Å². The monoisotopic (exact) mass is 337 g/mol. The van der Waals surface area contributed by atoms with E-state index in [1.165, 1.54) is 16.7 Å². The van der Waals surface area contributed by atoms with Crippen LogP contribution in [-0.4, -0.2) is 23.2 Å². The molecule has 3 heteroatoms. The second-order valence-corrected chi connectivity index (χ2v) is 7.10. The van der Waals surface area contributed by atoms with Gasteiger partial charge in [0.05, 0.1) is 6.10 Å². The van der Waals surface area contributed by atoms with Gasteiger partial charge in [-0.25, -0.2) is 0 Å². The van der Waals surface area contributed by atoms with Crippen molar-refractivity contribution in [2.24, 2.45) is 0 Å². The Morgan fingerprint density at radius 3 is 2.36 bits per heavy atom.